The van der Waals surface area contributed by atoms with Crippen molar-refractivity contribution in [3.05, 3.63) is 11.2 Å². The Hall–Kier alpha value is -2.59. The Morgan fingerprint density at radius 1 is 1.26 bits per heavy atom. The fourth-order valence-corrected chi connectivity index (χ4v) is 3.49. The number of carbonyl (C=O) groups excluding carboxylic acids is 2. The van der Waals surface area contributed by atoms with E-state index in [1.54, 1.807) is 38.5 Å². The first-order valence-corrected chi connectivity index (χ1v) is 10.4. The summed E-state index contributed by atoms with van der Waals surface area (Å²) in [5.41, 5.74) is 6.24. The van der Waals surface area contributed by atoms with E-state index in [1.165, 1.54) is 7.11 Å². The fraction of sp³-hybridized carbons (Fsp3) is 0.600. The van der Waals surface area contributed by atoms with Crippen molar-refractivity contribution < 1.29 is 28.5 Å². The quantitative estimate of drug-likeness (QED) is 0.627. The number of esters is 2. The minimum absolute atomic E-state index is 0.0172. The lowest BCUT2D eigenvalue weighted by molar-refractivity contribution is -0.162. The molecule has 0 saturated carbocycles. The first kappa shape index (κ1) is 23.1. The van der Waals surface area contributed by atoms with Crippen molar-refractivity contribution in [2.45, 2.75) is 52.6 Å². The highest BCUT2D eigenvalue weighted by Gasteiger charge is 2.41. The van der Waals surface area contributed by atoms with Gasteiger partial charge in [-0.25, -0.2) is 0 Å². The standard InChI is InChI=1S/C20H27ClN4O6/c1-9(2)18(26)29-8-13-12(31-19(27)10(3)4)6-14(30-13)25-7-11(21)15-16(25)23-20(22)24-17(15)28-5/h7,9-10,12-14H,6,8H2,1-5H3,(H2,22,23,24)/t12-,13+,14+/m0/s1. The van der Waals surface area contributed by atoms with Crippen LogP contribution in [0.2, 0.25) is 5.02 Å². The molecular formula is C20H27ClN4O6. The smallest absolute Gasteiger partial charge is 0.308 e. The maximum Gasteiger partial charge on any atom is 0.308 e. The second-order valence-corrected chi connectivity index (χ2v) is 8.36. The van der Waals surface area contributed by atoms with E-state index in [-0.39, 0.29) is 42.2 Å². The largest absolute Gasteiger partial charge is 0.480 e. The number of methoxy groups -OCH3 is 1. The molecule has 1 aliphatic heterocycles. The van der Waals surface area contributed by atoms with E-state index in [1.807, 2.05) is 0 Å². The predicted molar refractivity (Wildman–Crippen MR) is 113 cm³/mol. The maximum absolute atomic E-state index is 12.2. The van der Waals surface area contributed by atoms with Gasteiger partial charge in [0.1, 0.15) is 25.0 Å². The Morgan fingerprint density at radius 2 is 1.94 bits per heavy atom. The molecule has 2 aromatic heterocycles. The van der Waals surface area contributed by atoms with Crippen LogP contribution in [0.15, 0.2) is 6.20 Å². The number of rotatable bonds is 7. The molecular weight excluding hydrogens is 428 g/mol. The van der Waals surface area contributed by atoms with E-state index in [0.29, 0.717) is 22.5 Å². The Morgan fingerprint density at radius 3 is 2.55 bits per heavy atom. The van der Waals surface area contributed by atoms with E-state index >= 15 is 0 Å². The van der Waals surface area contributed by atoms with Gasteiger partial charge in [0.25, 0.3) is 0 Å². The monoisotopic (exact) mass is 454 g/mol. The normalized spacial score (nSPS) is 21.1. The van der Waals surface area contributed by atoms with Gasteiger partial charge in [-0.2, -0.15) is 9.97 Å². The highest BCUT2D eigenvalue weighted by Crippen LogP contribution is 2.38. The number of nitrogen functional groups attached to an aromatic ring is 1. The van der Waals surface area contributed by atoms with Crippen LogP contribution in [0, 0.1) is 11.8 Å². The zero-order chi connectivity index (χ0) is 22.9. The van der Waals surface area contributed by atoms with E-state index in [9.17, 15) is 9.59 Å². The summed E-state index contributed by atoms with van der Waals surface area (Å²) in [4.78, 5) is 32.5. The van der Waals surface area contributed by atoms with Crippen LogP contribution in [0.25, 0.3) is 11.0 Å². The number of hydrogen-bond donors (Lipinski definition) is 1. The lowest BCUT2D eigenvalue weighted by Gasteiger charge is -2.20. The number of halogens is 1. The molecule has 0 radical (unpaired) electrons. The summed E-state index contributed by atoms with van der Waals surface area (Å²) in [6.07, 6.45) is 0.109. The minimum Gasteiger partial charge on any atom is -0.480 e. The number of ether oxygens (including phenoxy) is 4. The molecule has 11 heteroatoms. The highest BCUT2D eigenvalue weighted by atomic mass is 35.5. The molecule has 3 heterocycles. The molecule has 0 aliphatic carbocycles. The summed E-state index contributed by atoms with van der Waals surface area (Å²) >= 11 is 6.40. The Bertz CT molecular complexity index is 976. The van der Waals surface area contributed by atoms with Gasteiger partial charge in [0, 0.05) is 12.6 Å². The lowest BCUT2D eigenvalue weighted by Crippen LogP contribution is -2.33. The topological polar surface area (TPSA) is 128 Å². The molecule has 170 valence electrons. The van der Waals surface area contributed by atoms with Gasteiger partial charge in [-0.1, -0.05) is 39.3 Å². The van der Waals surface area contributed by atoms with Crippen molar-refractivity contribution in [1.29, 1.82) is 0 Å². The lowest BCUT2D eigenvalue weighted by atomic mass is 10.1. The van der Waals surface area contributed by atoms with Gasteiger partial charge in [-0.05, 0) is 0 Å². The van der Waals surface area contributed by atoms with Crippen LogP contribution in [0.1, 0.15) is 40.3 Å². The van der Waals surface area contributed by atoms with Crippen molar-refractivity contribution in [1.82, 2.24) is 14.5 Å². The fourth-order valence-electron chi connectivity index (χ4n) is 3.22. The highest BCUT2D eigenvalue weighted by molar-refractivity contribution is 6.36. The van der Waals surface area contributed by atoms with Crippen LogP contribution in [0.5, 0.6) is 5.88 Å². The Kier molecular flexibility index (Phi) is 6.90. The number of fused-ring (bicyclic) bond motifs is 1. The van der Waals surface area contributed by atoms with Crippen molar-refractivity contribution in [2.75, 3.05) is 19.5 Å². The summed E-state index contributed by atoms with van der Waals surface area (Å²) in [5.74, 6) is -1.05. The first-order valence-electron chi connectivity index (χ1n) is 10.0. The third kappa shape index (κ3) is 4.85. The molecule has 3 atom stereocenters. The summed E-state index contributed by atoms with van der Waals surface area (Å²) < 4.78 is 24.1. The zero-order valence-electron chi connectivity index (χ0n) is 18.1. The summed E-state index contributed by atoms with van der Waals surface area (Å²) in [6, 6.07) is 0. The van der Waals surface area contributed by atoms with Crippen molar-refractivity contribution in [2.24, 2.45) is 11.8 Å². The SMILES string of the molecule is COc1nc(N)nc2c1c(Cl)cn2[C@H]1C[C@H](OC(=O)C(C)C)[C@@H](COC(=O)C(C)C)O1. The van der Waals surface area contributed by atoms with Gasteiger partial charge in [0.05, 0.1) is 29.4 Å². The predicted octanol–water partition coefficient (Wildman–Crippen LogP) is 2.73. The second-order valence-electron chi connectivity index (χ2n) is 7.95. The molecule has 0 bridgehead atoms. The van der Waals surface area contributed by atoms with Gasteiger partial charge in [0.2, 0.25) is 11.8 Å². The van der Waals surface area contributed by atoms with Crippen LogP contribution >= 0.6 is 11.6 Å². The molecule has 0 aromatic carbocycles. The number of carbonyl (C=O) groups is 2. The van der Waals surface area contributed by atoms with Crippen LogP contribution in [0.3, 0.4) is 0 Å². The number of anilines is 1. The zero-order valence-corrected chi connectivity index (χ0v) is 18.9. The van der Waals surface area contributed by atoms with Gasteiger partial charge in [-0.15, -0.1) is 0 Å². The van der Waals surface area contributed by atoms with E-state index in [2.05, 4.69) is 9.97 Å². The van der Waals surface area contributed by atoms with Crippen molar-refractivity contribution in [3.63, 3.8) is 0 Å². The number of nitrogens with zero attached hydrogens (tertiary/aromatic N) is 3. The average molecular weight is 455 g/mol. The van der Waals surface area contributed by atoms with Gasteiger partial charge in [-0.3, -0.25) is 9.59 Å². The van der Waals surface area contributed by atoms with Gasteiger partial charge >= 0.3 is 11.9 Å². The second kappa shape index (κ2) is 9.27. The summed E-state index contributed by atoms with van der Waals surface area (Å²) in [6.45, 7) is 6.92. The van der Waals surface area contributed by atoms with Crippen LogP contribution < -0.4 is 10.5 Å². The summed E-state index contributed by atoms with van der Waals surface area (Å²) in [7, 11) is 1.46. The third-order valence-electron chi connectivity index (χ3n) is 4.89. The molecule has 2 aromatic rings. The van der Waals surface area contributed by atoms with Crippen LogP contribution in [-0.2, 0) is 23.8 Å². The van der Waals surface area contributed by atoms with E-state index in [0.717, 1.165) is 0 Å². The molecule has 31 heavy (non-hydrogen) atoms. The molecule has 1 saturated heterocycles. The number of nitrogens with two attached hydrogens (primary N) is 1. The van der Waals surface area contributed by atoms with Crippen LogP contribution in [0.4, 0.5) is 5.95 Å². The Balaban J connectivity index is 1.90. The van der Waals surface area contributed by atoms with Gasteiger partial charge in [0.15, 0.2) is 5.65 Å². The maximum atomic E-state index is 12.2. The first-order chi connectivity index (χ1) is 14.6. The van der Waals surface area contributed by atoms with E-state index in [4.69, 9.17) is 36.3 Å². The molecule has 0 spiro atoms. The van der Waals surface area contributed by atoms with Gasteiger partial charge < -0.3 is 29.2 Å². The molecule has 3 rings (SSSR count). The number of aromatic nitrogens is 3. The van der Waals surface area contributed by atoms with E-state index < -0.39 is 18.4 Å². The molecule has 0 amide bonds. The molecule has 2 N–H and O–H groups in total. The molecule has 10 nitrogen and oxygen atoms in total. The summed E-state index contributed by atoms with van der Waals surface area (Å²) in [5, 5.41) is 0.855. The molecule has 1 aliphatic rings. The average Bonchev–Trinajstić information content (AvgIpc) is 3.25. The molecule has 1 fully saturated rings. The third-order valence-corrected chi connectivity index (χ3v) is 5.18. The minimum atomic E-state index is -0.646. The number of hydrogen-bond acceptors (Lipinski definition) is 9. The van der Waals surface area contributed by atoms with Crippen molar-refractivity contribution >= 4 is 40.5 Å². The molecule has 0 unspecified atom stereocenters. The Labute approximate surface area is 184 Å². The van der Waals surface area contributed by atoms with Crippen molar-refractivity contribution in [3.8, 4) is 5.88 Å². The van der Waals surface area contributed by atoms with Crippen LogP contribution in [-0.4, -0.2) is 52.4 Å².